The number of carboxylic acid groups (broad SMARTS) is 1. The van der Waals surface area contributed by atoms with Crippen LogP contribution in [0.15, 0.2) is 48.8 Å². The summed E-state index contributed by atoms with van der Waals surface area (Å²) in [5.74, 6) is -1.82. The SMILES string of the molecule is O=C(O)c1cc(S(=O)(=O)Nc2ccccc2Br)c(Br)o1. The summed E-state index contributed by atoms with van der Waals surface area (Å²) >= 11 is 6.10. The number of carbonyl (C=O) groups is 1. The van der Waals surface area contributed by atoms with E-state index in [0.717, 1.165) is 6.07 Å². The van der Waals surface area contributed by atoms with Gasteiger partial charge in [-0.05, 0) is 44.0 Å². The molecule has 2 aromatic rings. The predicted molar refractivity (Wildman–Crippen MR) is 78.3 cm³/mol. The maximum absolute atomic E-state index is 12.2. The molecule has 1 aromatic heterocycles. The first-order valence-electron chi connectivity index (χ1n) is 5.11. The van der Waals surface area contributed by atoms with Crippen LogP contribution in [0.25, 0.3) is 0 Å². The molecular weight excluding hydrogens is 418 g/mol. The Balaban J connectivity index is 2.41. The topological polar surface area (TPSA) is 96.6 Å². The molecule has 0 radical (unpaired) electrons. The summed E-state index contributed by atoms with van der Waals surface area (Å²) in [7, 11) is -3.96. The molecule has 1 heterocycles. The first kappa shape index (κ1) is 15.1. The average Bonchev–Trinajstić information content (AvgIpc) is 2.75. The van der Waals surface area contributed by atoms with Gasteiger partial charge in [-0.3, -0.25) is 4.72 Å². The van der Waals surface area contributed by atoms with Gasteiger partial charge in [-0.15, -0.1) is 0 Å². The summed E-state index contributed by atoms with van der Waals surface area (Å²) in [6, 6.07) is 7.57. The number of aromatic carboxylic acids is 1. The number of furan rings is 1. The predicted octanol–water partition coefficient (Wildman–Crippen LogP) is 3.30. The molecule has 106 valence electrons. The molecule has 0 fully saturated rings. The lowest BCUT2D eigenvalue weighted by atomic mass is 10.3. The lowest BCUT2D eigenvalue weighted by Crippen LogP contribution is -2.13. The van der Waals surface area contributed by atoms with Crippen molar-refractivity contribution in [1.82, 2.24) is 0 Å². The molecule has 2 N–H and O–H groups in total. The number of rotatable bonds is 4. The van der Waals surface area contributed by atoms with E-state index in [9.17, 15) is 13.2 Å². The van der Waals surface area contributed by atoms with E-state index in [1.165, 1.54) is 0 Å². The van der Waals surface area contributed by atoms with Crippen LogP contribution in [0.5, 0.6) is 0 Å². The standard InChI is InChI=1S/C11H7Br2NO5S/c12-6-3-1-2-4-7(6)14-20(17,18)9-5-8(11(15)16)19-10(9)13/h1-5,14H,(H,15,16). The van der Waals surface area contributed by atoms with Crippen molar-refractivity contribution >= 4 is 53.5 Å². The lowest BCUT2D eigenvalue weighted by Gasteiger charge is -2.08. The zero-order valence-corrected chi connectivity index (χ0v) is 13.6. The van der Waals surface area contributed by atoms with E-state index >= 15 is 0 Å². The molecule has 6 nitrogen and oxygen atoms in total. The average molecular weight is 425 g/mol. The Bertz CT molecular complexity index is 769. The van der Waals surface area contributed by atoms with Crippen molar-refractivity contribution in [3.8, 4) is 0 Å². The fraction of sp³-hybridized carbons (Fsp3) is 0. The minimum absolute atomic E-state index is 0.172. The van der Waals surface area contributed by atoms with Crippen molar-refractivity contribution in [3.05, 3.63) is 45.2 Å². The van der Waals surface area contributed by atoms with Crippen LogP contribution in [-0.2, 0) is 10.0 Å². The number of benzene rings is 1. The van der Waals surface area contributed by atoms with Crippen molar-refractivity contribution in [2.24, 2.45) is 0 Å². The number of hydrogen-bond acceptors (Lipinski definition) is 4. The number of anilines is 1. The molecule has 20 heavy (non-hydrogen) atoms. The molecule has 0 saturated carbocycles. The third kappa shape index (κ3) is 3.05. The third-order valence-electron chi connectivity index (χ3n) is 2.27. The van der Waals surface area contributed by atoms with Gasteiger partial charge in [0.25, 0.3) is 10.0 Å². The Morgan fingerprint density at radius 3 is 2.45 bits per heavy atom. The molecule has 2 rings (SSSR count). The summed E-state index contributed by atoms with van der Waals surface area (Å²) < 4.78 is 31.9. The van der Waals surface area contributed by atoms with Gasteiger partial charge >= 0.3 is 5.97 Å². The first-order valence-corrected chi connectivity index (χ1v) is 8.18. The minimum atomic E-state index is -3.96. The van der Waals surface area contributed by atoms with Crippen LogP contribution in [-0.4, -0.2) is 19.5 Å². The maximum Gasteiger partial charge on any atom is 0.371 e. The molecule has 0 saturated heterocycles. The highest BCUT2D eigenvalue weighted by Crippen LogP contribution is 2.30. The van der Waals surface area contributed by atoms with E-state index in [1.807, 2.05) is 0 Å². The molecule has 9 heteroatoms. The highest BCUT2D eigenvalue weighted by Gasteiger charge is 2.25. The van der Waals surface area contributed by atoms with Gasteiger partial charge in [0, 0.05) is 10.5 Å². The Morgan fingerprint density at radius 1 is 1.25 bits per heavy atom. The monoisotopic (exact) mass is 423 g/mol. The molecule has 0 unspecified atom stereocenters. The molecule has 0 aliphatic heterocycles. The van der Waals surface area contributed by atoms with E-state index in [1.54, 1.807) is 24.3 Å². The summed E-state index contributed by atoms with van der Waals surface area (Å²) in [4.78, 5) is 10.5. The smallest absolute Gasteiger partial charge is 0.371 e. The molecule has 0 spiro atoms. The lowest BCUT2D eigenvalue weighted by molar-refractivity contribution is 0.0661. The Labute approximate surface area is 131 Å². The van der Waals surface area contributed by atoms with Gasteiger partial charge in [-0.2, -0.15) is 0 Å². The van der Waals surface area contributed by atoms with Crippen LogP contribution in [0.1, 0.15) is 10.6 Å². The van der Waals surface area contributed by atoms with Gasteiger partial charge in [0.15, 0.2) is 4.67 Å². The van der Waals surface area contributed by atoms with Crippen LogP contribution in [0, 0.1) is 0 Å². The van der Waals surface area contributed by atoms with Gasteiger partial charge < -0.3 is 9.52 Å². The van der Waals surface area contributed by atoms with Crippen molar-refractivity contribution in [3.63, 3.8) is 0 Å². The maximum atomic E-state index is 12.2. The number of carboxylic acids is 1. The number of nitrogens with one attached hydrogen (secondary N) is 1. The molecule has 0 aliphatic carbocycles. The third-order valence-corrected chi connectivity index (χ3v) is 5.19. The van der Waals surface area contributed by atoms with E-state index in [4.69, 9.17) is 9.52 Å². The Morgan fingerprint density at radius 2 is 1.90 bits per heavy atom. The van der Waals surface area contributed by atoms with Crippen molar-refractivity contribution in [1.29, 1.82) is 0 Å². The largest absolute Gasteiger partial charge is 0.475 e. The number of para-hydroxylation sites is 1. The summed E-state index contributed by atoms with van der Waals surface area (Å²) in [6.07, 6.45) is 0. The second-order valence-corrected chi connectivity index (χ2v) is 6.86. The highest BCUT2D eigenvalue weighted by atomic mass is 79.9. The van der Waals surface area contributed by atoms with E-state index in [2.05, 4.69) is 36.6 Å². The van der Waals surface area contributed by atoms with Gasteiger partial charge in [0.05, 0.1) is 5.69 Å². The summed E-state index contributed by atoms with van der Waals surface area (Å²) in [5, 5.41) is 8.78. The Hall–Kier alpha value is -1.32. The first-order chi connectivity index (χ1) is 9.31. The molecule has 0 atom stereocenters. The fourth-order valence-corrected chi connectivity index (χ4v) is 3.92. The van der Waals surface area contributed by atoms with Gasteiger partial charge in [0.1, 0.15) is 4.90 Å². The van der Waals surface area contributed by atoms with Crippen molar-refractivity contribution < 1.29 is 22.7 Å². The van der Waals surface area contributed by atoms with Crippen LogP contribution in [0.2, 0.25) is 0 Å². The molecular formula is C11H7Br2NO5S. The van der Waals surface area contributed by atoms with Crippen molar-refractivity contribution in [2.75, 3.05) is 4.72 Å². The van der Waals surface area contributed by atoms with Crippen LogP contribution < -0.4 is 4.72 Å². The molecule has 0 bridgehead atoms. The van der Waals surface area contributed by atoms with E-state index < -0.39 is 21.8 Å². The Kier molecular flexibility index (Phi) is 4.21. The zero-order chi connectivity index (χ0) is 14.9. The van der Waals surface area contributed by atoms with Gasteiger partial charge in [-0.1, -0.05) is 12.1 Å². The summed E-state index contributed by atoms with van der Waals surface area (Å²) in [6.45, 7) is 0. The second-order valence-electron chi connectivity index (χ2n) is 3.64. The minimum Gasteiger partial charge on any atom is -0.475 e. The zero-order valence-electron chi connectivity index (χ0n) is 9.63. The summed E-state index contributed by atoms with van der Waals surface area (Å²) in [5.41, 5.74) is 0.331. The number of sulfonamides is 1. The quantitative estimate of drug-likeness (QED) is 0.784. The molecule has 0 aliphatic rings. The van der Waals surface area contributed by atoms with Gasteiger partial charge in [0.2, 0.25) is 5.76 Å². The fourth-order valence-electron chi connectivity index (χ4n) is 1.38. The van der Waals surface area contributed by atoms with Gasteiger partial charge in [-0.25, -0.2) is 13.2 Å². The van der Waals surface area contributed by atoms with Crippen LogP contribution in [0.3, 0.4) is 0 Å². The number of hydrogen-bond donors (Lipinski definition) is 2. The highest BCUT2D eigenvalue weighted by molar-refractivity contribution is 9.10. The molecule has 1 aromatic carbocycles. The normalized spacial score (nSPS) is 11.3. The second kappa shape index (κ2) is 5.58. The van der Waals surface area contributed by atoms with E-state index in [-0.39, 0.29) is 9.56 Å². The number of halogens is 2. The van der Waals surface area contributed by atoms with Crippen LogP contribution in [0.4, 0.5) is 5.69 Å². The molecule has 0 amide bonds. The van der Waals surface area contributed by atoms with Crippen LogP contribution >= 0.6 is 31.9 Å². The van der Waals surface area contributed by atoms with E-state index in [0.29, 0.717) is 10.2 Å². The van der Waals surface area contributed by atoms with Crippen molar-refractivity contribution in [2.45, 2.75) is 4.90 Å².